The lowest BCUT2D eigenvalue weighted by Crippen LogP contribution is -2.43. The maximum atomic E-state index is 11.9. The summed E-state index contributed by atoms with van der Waals surface area (Å²) in [5.41, 5.74) is 1.71. The van der Waals surface area contributed by atoms with E-state index in [1.165, 1.54) is 0 Å². The predicted molar refractivity (Wildman–Crippen MR) is 99.6 cm³/mol. The zero-order chi connectivity index (χ0) is 18.3. The van der Waals surface area contributed by atoms with Gasteiger partial charge in [0.25, 0.3) is 5.91 Å². The van der Waals surface area contributed by atoms with Crippen molar-refractivity contribution in [3.8, 4) is 5.75 Å². The van der Waals surface area contributed by atoms with Crippen molar-refractivity contribution in [2.45, 2.75) is 39.4 Å². The number of carbonyl (C=O) groups excluding carboxylic acids is 1. The Labute approximate surface area is 153 Å². The van der Waals surface area contributed by atoms with Crippen LogP contribution in [0, 0.1) is 0 Å². The summed E-state index contributed by atoms with van der Waals surface area (Å²) < 4.78 is 5.68. The van der Waals surface area contributed by atoms with E-state index >= 15 is 0 Å². The first kappa shape index (κ1) is 19.2. The van der Waals surface area contributed by atoms with Gasteiger partial charge in [0.15, 0.2) is 6.61 Å². The molecular weight excluding hydrogens is 338 g/mol. The van der Waals surface area contributed by atoms with E-state index in [0.717, 1.165) is 11.1 Å². The van der Waals surface area contributed by atoms with Gasteiger partial charge in [-0.05, 0) is 50.6 Å². The summed E-state index contributed by atoms with van der Waals surface area (Å²) in [6.07, 6.45) is 3.56. The van der Waals surface area contributed by atoms with Crippen LogP contribution >= 0.6 is 11.6 Å². The molecule has 0 saturated carbocycles. The van der Waals surface area contributed by atoms with Gasteiger partial charge in [0, 0.05) is 41.6 Å². The number of rotatable bonds is 7. The maximum Gasteiger partial charge on any atom is 0.258 e. The highest BCUT2D eigenvalue weighted by Gasteiger charge is 2.14. The minimum atomic E-state index is -0.283. The number of halogens is 1. The molecule has 0 fully saturated rings. The molecule has 0 aliphatic heterocycles. The van der Waals surface area contributed by atoms with Crippen molar-refractivity contribution in [1.29, 1.82) is 0 Å². The monoisotopic (exact) mass is 361 g/mol. The second-order valence-electron chi connectivity index (χ2n) is 6.80. The van der Waals surface area contributed by atoms with E-state index in [4.69, 9.17) is 16.3 Å². The number of benzene rings is 1. The Balaban J connectivity index is 1.93. The Morgan fingerprint density at radius 3 is 2.72 bits per heavy atom. The topological polar surface area (TPSA) is 63.2 Å². The van der Waals surface area contributed by atoms with Crippen molar-refractivity contribution in [1.82, 2.24) is 15.6 Å². The minimum absolute atomic E-state index is 0.0332. The number of nitrogens with zero attached hydrogens (tertiary/aromatic N) is 1. The molecule has 0 saturated heterocycles. The third-order valence-electron chi connectivity index (χ3n) is 3.26. The first-order chi connectivity index (χ1) is 11.8. The van der Waals surface area contributed by atoms with Crippen LogP contribution in [0.25, 0.3) is 0 Å². The summed E-state index contributed by atoms with van der Waals surface area (Å²) in [5.74, 6) is 0.490. The number of pyridine rings is 1. The minimum Gasteiger partial charge on any atom is -0.483 e. The number of ether oxygens (including phenoxy) is 1. The van der Waals surface area contributed by atoms with E-state index in [-0.39, 0.29) is 18.1 Å². The largest absolute Gasteiger partial charge is 0.483 e. The van der Waals surface area contributed by atoms with Gasteiger partial charge in [0.2, 0.25) is 0 Å². The number of amides is 1. The fourth-order valence-electron chi connectivity index (χ4n) is 2.27. The molecule has 0 spiro atoms. The summed E-state index contributed by atoms with van der Waals surface area (Å²) in [6.45, 7) is 7.02. The van der Waals surface area contributed by atoms with Crippen LogP contribution < -0.4 is 15.4 Å². The van der Waals surface area contributed by atoms with E-state index in [2.05, 4.69) is 15.6 Å². The molecule has 1 aromatic carbocycles. The second kappa shape index (κ2) is 8.83. The van der Waals surface area contributed by atoms with Gasteiger partial charge in [0.1, 0.15) is 5.75 Å². The average Bonchev–Trinajstić information content (AvgIpc) is 2.53. The Kier molecular flexibility index (Phi) is 6.79. The molecule has 2 N–H and O–H groups in total. The fourth-order valence-corrected chi connectivity index (χ4v) is 2.46. The highest BCUT2D eigenvalue weighted by Crippen LogP contribution is 2.23. The number of carbonyl (C=O) groups is 1. The van der Waals surface area contributed by atoms with Gasteiger partial charge >= 0.3 is 0 Å². The zero-order valence-electron chi connectivity index (χ0n) is 14.8. The van der Waals surface area contributed by atoms with E-state index in [1.807, 2.05) is 45.2 Å². The quantitative estimate of drug-likeness (QED) is 0.794. The Morgan fingerprint density at radius 2 is 2.04 bits per heavy atom. The van der Waals surface area contributed by atoms with Crippen molar-refractivity contribution >= 4 is 17.5 Å². The number of aromatic nitrogens is 1. The van der Waals surface area contributed by atoms with Crippen molar-refractivity contribution in [3.05, 3.63) is 58.9 Å². The van der Waals surface area contributed by atoms with Crippen molar-refractivity contribution in [3.63, 3.8) is 0 Å². The summed E-state index contributed by atoms with van der Waals surface area (Å²) in [4.78, 5) is 16.0. The van der Waals surface area contributed by atoms with Crippen LogP contribution in [0.4, 0.5) is 0 Å². The van der Waals surface area contributed by atoms with Gasteiger partial charge in [-0.2, -0.15) is 0 Å². The van der Waals surface area contributed by atoms with Crippen molar-refractivity contribution < 1.29 is 9.53 Å². The molecule has 1 amide bonds. The molecule has 1 heterocycles. The summed E-state index contributed by atoms with van der Waals surface area (Å²) in [5, 5.41) is 6.83. The van der Waals surface area contributed by atoms with Gasteiger partial charge in [-0.25, -0.2) is 0 Å². The lowest BCUT2D eigenvalue weighted by atomic mass is 10.1. The lowest BCUT2D eigenvalue weighted by molar-refractivity contribution is -0.124. The van der Waals surface area contributed by atoms with Crippen LogP contribution in [0.1, 0.15) is 31.9 Å². The van der Waals surface area contributed by atoms with Crippen LogP contribution in [0.15, 0.2) is 42.7 Å². The molecule has 6 heteroatoms. The zero-order valence-corrected chi connectivity index (χ0v) is 15.6. The van der Waals surface area contributed by atoms with E-state index < -0.39 is 0 Å². The number of hydrogen-bond acceptors (Lipinski definition) is 4. The molecule has 134 valence electrons. The van der Waals surface area contributed by atoms with Gasteiger partial charge < -0.3 is 15.4 Å². The molecular formula is C19H24ClN3O2. The first-order valence-corrected chi connectivity index (χ1v) is 8.53. The Hall–Kier alpha value is -2.11. The van der Waals surface area contributed by atoms with Crippen molar-refractivity contribution in [2.24, 2.45) is 0 Å². The van der Waals surface area contributed by atoms with E-state index in [9.17, 15) is 4.79 Å². The summed E-state index contributed by atoms with van der Waals surface area (Å²) >= 11 is 6.09. The third kappa shape index (κ3) is 7.11. The van der Waals surface area contributed by atoms with Crippen LogP contribution in [0.5, 0.6) is 5.75 Å². The molecule has 0 unspecified atom stereocenters. The second-order valence-corrected chi connectivity index (χ2v) is 7.24. The maximum absolute atomic E-state index is 11.9. The van der Waals surface area contributed by atoms with Crippen LogP contribution in [0.2, 0.25) is 5.02 Å². The molecule has 5 nitrogen and oxygen atoms in total. The highest BCUT2D eigenvalue weighted by atomic mass is 35.5. The van der Waals surface area contributed by atoms with Crippen LogP contribution in [0.3, 0.4) is 0 Å². The summed E-state index contributed by atoms with van der Waals surface area (Å²) in [6, 6.07) is 9.29. The van der Waals surface area contributed by atoms with Crippen molar-refractivity contribution in [2.75, 3.05) is 6.61 Å². The molecule has 0 aliphatic rings. The predicted octanol–water partition coefficient (Wildman–Crippen LogP) is 3.32. The average molecular weight is 362 g/mol. The standard InChI is InChI=1S/C19H24ClN3O2/c1-19(2,3)23-18(24)13-25-17-7-6-16(20)9-15(17)12-22-11-14-5-4-8-21-10-14/h4-10,22H,11-13H2,1-3H3,(H,23,24). The molecule has 0 bridgehead atoms. The molecule has 25 heavy (non-hydrogen) atoms. The smallest absolute Gasteiger partial charge is 0.258 e. The lowest BCUT2D eigenvalue weighted by Gasteiger charge is -2.21. The fraction of sp³-hybridized carbons (Fsp3) is 0.368. The number of nitrogens with one attached hydrogen (secondary N) is 2. The van der Waals surface area contributed by atoms with Gasteiger partial charge in [-0.3, -0.25) is 9.78 Å². The molecule has 0 radical (unpaired) electrons. The third-order valence-corrected chi connectivity index (χ3v) is 3.50. The molecule has 1 aromatic heterocycles. The highest BCUT2D eigenvalue weighted by molar-refractivity contribution is 6.30. The van der Waals surface area contributed by atoms with Crippen LogP contribution in [-0.4, -0.2) is 23.0 Å². The van der Waals surface area contributed by atoms with Gasteiger partial charge in [-0.1, -0.05) is 17.7 Å². The molecule has 2 aromatic rings. The van der Waals surface area contributed by atoms with E-state index in [0.29, 0.717) is 23.9 Å². The SMILES string of the molecule is CC(C)(C)NC(=O)COc1ccc(Cl)cc1CNCc1cccnc1. The normalized spacial score (nSPS) is 11.2. The van der Waals surface area contributed by atoms with Gasteiger partial charge in [-0.15, -0.1) is 0 Å². The molecule has 0 atom stereocenters. The Morgan fingerprint density at radius 1 is 1.24 bits per heavy atom. The number of hydrogen-bond donors (Lipinski definition) is 2. The first-order valence-electron chi connectivity index (χ1n) is 8.15. The molecule has 2 rings (SSSR count). The van der Waals surface area contributed by atoms with Gasteiger partial charge in [0.05, 0.1) is 0 Å². The van der Waals surface area contributed by atoms with Crippen LogP contribution in [-0.2, 0) is 17.9 Å². The summed E-state index contributed by atoms with van der Waals surface area (Å²) in [7, 11) is 0. The molecule has 0 aliphatic carbocycles. The van der Waals surface area contributed by atoms with E-state index in [1.54, 1.807) is 18.3 Å². The Bertz CT molecular complexity index is 700.